The third-order valence-electron chi connectivity index (χ3n) is 2.92. The summed E-state index contributed by atoms with van der Waals surface area (Å²) >= 11 is 3.25. The highest BCUT2D eigenvalue weighted by Gasteiger charge is 2.09. The number of pyridine rings is 1. The van der Waals surface area contributed by atoms with Gasteiger partial charge in [-0.05, 0) is 40.0 Å². The van der Waals surface area contributed by atoms with Crippen molar-refractivity contribution in [2.75, 3.05) is 5.32 Å². The molecule has 0 saturated heterocycles. The number of nitrogens with one attached hydrogen (secondary N) is 1. The van der Waals surface area contributed by atoms with Crippen LogP contribution in [0.15, 0.2) is 53.3 Å². The summed E-state index contributed by atoms with van der Waals surface area (Å²) in [6.07, 6.45) is 2.60. The number of rotatable bonds is 5. The SMILES string of the molecule is NC(CCC(=O)Nc1ccc(Br)nc1)c1ccccc1. The van der Waals surface area contributed by atoms with E-state index in [2.05, 4.69) is 26.2 Å². The Bertz CT molecular complexity index is 557. The standard InChI is InChI=1S/C15H16BrN3O/c16-14-8-6-12(10-18-14)19-15(20)9-7-13(17)11-4-2-1-3-5-11/h1-6,8,10,13H,7,9,17H2,(H,19,20). The molecule has 0 aliphatic rings. The molecular formula is C15H16BrN3O. The average molecular weight is 334 g/mol. The molecule has 1 heterocycles. The molecule has 4 nitrogen and oxygen atoms in total. The van der Waals surface area contributed by atoms with Gasteiger partial charge in [0.1, 0.15) is 4.60 Å². The minimum atomic E-state index is -0.120. The molecule has 0 fully saturated rings. The molecule has 1 atom stereocenters. The lowest BCUT2D eigenvalue weighted by molar-refractivity contribution is -0.116. The van der Waals surface area contributed by atoms with Crippen LogP contribution in [0.25, 0.3) is 0 Å². The molecule has 0 bridgehead atoms. The van der Waals surface area contributed by atoms with Gasteiger partial charge in [0.25, 0.3) is 0 Å². The number of halogens is 1. The van der Waals surface area contributed by atoms with Gasteiger partial charge < -0.3 is 11.1 Å². The molecule has 2 rings (SSSR count). The van der Waals surface area contributed by atoms with Crippen LogP contribution in [0.1, 0.15) is 24.4 Å². The fourth-order valence-electron chi connectivity index (χ4n) is 1.83. The highest BCUT2D eigenvalue weighted by Crippen LogP contribution is 2.16. The zero-order valence-corrected chi connectivity index (χ0v) is 12.5. The number of anilines is 1. The molecule has 0 aliphatic heterocycles. The van der Waals surface area contributed by atoms with E-state index in [9.17, 15) is 4.79 Å². The molecular weight excluding hydrogens is 318 g/mol. The molecule has 1 unspecified atom stereocenters. The van der Waals surface area contributed by atoms with Crippen LogP contribution in [0.4, 0.5) is 5.69 Å². The lowest BCUT2D eigenvalue weighted by Crippen LogP contribution is -2.16. The number of nitrogens with two attached hydrogens (primary N) is 1. The number of amides is 1. The number of carbonyl (C=O) groups is 1. The maximum absolute atomic E-state index is 11.8. The second-order valence-corrected chi connectivity index (χ2v) is 5.29. The highest BCUT2D eigenvalue weighted by molar-refractivity contribution is 9.10. The Kier molecular flexibility index (Phi) is 5.26. The van der Waals surface area contributed by atoms with E-state index in [-0.39, 0.29) is 11.9 Å². The largest absolute Gasteiger partial charge is 0.325 e. The number of nitrogens with zero attached hydrogens (tertiary/aromatic N) is 1. The molecule has 3 N–H and O–H groups in total. The molecule has 20 heavy (non-hydrogen) atoms. The summed E-state index contributed by atoms with van der Waals surface area (Å²) in [4.78, 5) is 15.9. The summed E-state index contributed by atoms with van der Waals surface area (Å²) in [5.41, 5.74) is 7.79. The Hall–Kier alpha value is -1.72. The molecule has 1 aromatic heterocycles. The van der Waals surface area contributed by atoms with E-state index in [1.54, 1.807) is 18.3 Å². The van der Waals surface area contributed by atoms with Gasteiger partial charge in [0.2, 0.25) is 5.91 Å². The van der Waals surface area contributed by atoms with Gasteiger partial charge in [-0.3, -0.25) is 4.79 Å². The van der Waals surface area contributed by atoms with E-state index in [1.807, 2.05) is 30.3 Å². The first-order valence-corrected chi connectivity index (χ1v) is 7.16. The topological polar surface area (TPSA) is 68.0 Å². The molecule has 2 aromatic rings. The quantitative estimate of drug-likeness (QED) is 0.825. The Morgan fingerprint density at radius 2 is 2.00 bits per heavy atom. The van der Waals surface area contributed by atoms with E-state index >= 15 is 0 Å². The van der Waals surface area contributed by atoms with Gasteiger partial charge in [-0.1, -0.05) is 30.3 Å². The second kappa shape index (κ2) is 7.17. The van der Waals surface area contributed by atoms with Crippen LogP contribution < -0.4 is 11.1 Å². The number of benzene rings is 1. The van der Waals surface area contributed by atoms with E-state index in [4.69, 9.17) is 5.73 Å². The number of hydrogen-bond donors (Lipinski definition) is 2. The van der Waals surface area contributed by atoms with Gasteiger partial charge in [0.05, 0.1) is 11.9 Å². The van der Waals surface area contributed by atoms with Crippen molar-refractivity contribution in [3.63, 3.8) is 0 Å². The monoisotopic (exact) mass is 333 g/mol. The van der Waals surface area contributed by atoms with Gasteiger partial charge in [-0.25, -0.2) is 4.98 Å². The van der Waals surface area contributed by atoms with Crippen LogP contribution >= 0.6 is 15.9 Å². The first-order chi connectivity index (χ1) is 9.65. The van der Waals surface area contributed by atoms with Gasteiger partial charge in [0, 0.05) is 12.5 Å². The molecule has 0 saturated carbocycles. The van der Waals surface area contributed by atoms with E-state index < -0.39 is 0 Å². The predicted octanol–water partition coefficient (Wildman–Crippen LogP) is 3.26. The Morgan fingerprint density at radius 3 is 2.65 bits per heavy atom. The minimum Gasteiger partial charge on any atom is -0.325 e. The van der Waals surface area contributed by atoms with Crippen molar-refractivity contribution in [3.05, 3.63) is 58.8 Å². The summed E-state index contributed by atoms with van der Waals surface area (Å²) in [7, 11) is 0. The van der Waals surface area contributed by atoms with Crippen LogP contribution in [-0.4, -0.2) is 10.9 Å². The molecule has 104 valence electrons. The third kappa shape index (κ3) is 4.43. The number of aromatic nitrogens is 1. The Labute approximate surface area is 126 Å². The lowest BCUT2D eigenvalue weighted by atomic mass is 10.0. The summed E-state index contributed by atoms with van der Waals surface area (Å²) in [6.45, 7) is 0. The second-order valence-electron chi connectivity index (χ2n) is 4.47. The van der Waals surface area contributed by atoms with Crippen LogP contribution in [0.5, 0.6) is 0 Å². The first-order valence-electron chi connectivity index (χ1n) is 6.37. The van der Waals surface area contributed by atoms with Crippen molar-refractivity contribution in [1.82, 2.24) is 4.98 Å². The molecule has 0 spiro atoms. The van der Waals surface area contributed by atoms with Crippen molar-refractivity contribution in [1.29, 1.82) is 0 Å². The van der Waals surface area contributed by atoms with Gasteiger partial charge in [0.15, 0.2) is 0 Å². The van der Waals surface area contributed by atoms with Crippen molar-refractivity contribution < 1.29 is 4.79 Å². The minimum absolute atomic E-state index is 0.0551. The summed E-state index contributed by atoms with van der Waals surface area (Å²) in [6, 6.07) is 13.2. The van der Waals surface area contributed by atoms with Gasteiger partial charge >= 0.3 is 0 Å². The average Bonchev–Trinajstić information content (AvgIpc) is 2.48. The van der Waals surface area contributed by atoms with E-state index in [1.165, 1.54) is 0 Å². The van der Waals surface area contributed by atoms with Crippen molar-refractivity contribution in [2.24, 2.45) is 5.73 Å². The highest BCUT2D eigenvalue weighted by atomic mass is 79.9. The molecule has 0 aliphatic carbocycles. The van der Waals surface area contributed by atoms with Crippen LogP contribution in [-0.2, 0) is 4.79 Å². The molecule has 0 radical (unpaired) electrons. The molecule has 1 aromatic carbocycles. The Balaban J connectivity index is 1.82. The van der Waals surface area contributed by atoms with Crippen molar-refractivity contribution in [2.45, 2.75) is 18.9 Å². The van der Waals surface area contributed by atoms with Crippen molar-refractivity contribution in [3.8, 4) is 0 Å². The van der Waals surface area contributed by atoms with E-state index in [0.29, 0.717) is 18.5 Å². The fourth-order valence-corrected chi connectivity index (χ4v) is 2.06. The summed E-state index contributed by atoms with van der Waals surface area (Å²) in [5, 5.41) is 2.80. The van der Waals surface area contributed by atoms with Gasteiger partial charge in [-0.2, -0.15) is 0 Å². The Morgan fingerprint density at radius 1 is 1.25 bits per heavy atom. The van der Waals surface area contributed by atoms with E-state index in [0.717, 1.165) is 10.2 Å². The lowest BCUT2D eigenvalue weighted by Gasteiger charge is -2.11. The number of carbonyl (C=O) groups excluding carboxylic acids is 1. The maximum Gasteiger partial charge on any atom is 0.224 e. The molecule has 1 amide bonds. The van der Waals surface area contributed by atoms with Crippen molar-refractivity contribution >= 4 is 27.5 Å². The summed E-state index contributed by atoms with van der Waals surface area (Å²) in [5.74, 6) is -0.0551. The third-order valence-corrected chi connectivity index (χ3v) is 3.39. The van der Waals surface area contributed by atoms with Crippen LogP contribution in [0.2, 0.25) is 0 Å². The van der Waals surface area contributed by atoms with Gasteiger partial charge in [-0.15, -0.1) is 0 Å². The maximum atomic E-state index is 11.8. The smallest absolute Gasteiger partial charge is 0.224 e. The zero-order chi connectivity index (χ0) is 14.4. The summed E-state index contributed by atoms with van der Waals surface area (Å²) < 4.78 is 0.738. The molecule has 5 heteroatoms. The normalized spacial score (nSPS) is 11.9. The predicted molar refractivity (Wildman–Crippen MR) is 83.2 cm³/mol. The number of hydrogen-bond acceptors (Lipinski definition) is 3. The fraction of sp³-hybridized carbons (Fsp3) is 0.200. The zero-order valence-electron chi connectivity index (χ0n) is 10.9. The first kappa shape index (κ1) is 14.7. The van der Waals surface area contributed by atoms with Crippen LogP contribution in [0, 0.1) is 0 Å². The van der Waals surface area contributed by atoms with Crippen LogP contribution in [0.3, 0.4) is 0 Å².